The van der Waals surface area contributed by atoms with Gasteiger partial charge in [-0.05, 0) is 68.5 Å². The molecule has 0 saturated heterocycles. The minimum absolute atomic E-state index is 0.0670. The van der Waals surface area contributed by atoms with Crippen LogP contribution in [-0.2, 0) is 21.2 Å². The van der Waals surface area contributed by atoms with E-state index in [9.17, 15) is 13.2 Å². The summed E-state index contributed by atoms with van der Waals surface area (Å²) >= 11 is 6.21. The number of benzene rings is 2. The zero-order chi connectivity index (χ0) is 21.1. The topological polar surface area (TPSA) is 75.3 Å². The van der Waals surface area contributed by atoms with Crippen molar-refractivity contribution >= 4 is 33.6 Å². The van der Waals surface area contributed by atoms with Crippen LogP contribution in [0.5, 0.6) is 0 Å². The standard InChI is InChI=1S/C22H25ClN2O3S/c1-22(2,15-17-5-3-4-6-20(17)23)24-21(26)14-9-16-7-12-19(13-8-16)29(27,28)25-18-10-11-18/h3-9,12-14,18,25H,10-11,15H2,1-2H3,(H,24,26). The summed E-state index contributed by atoms with van der Waals surface area (Å²) < 4.78 is 27.0. The van der Waals surface area contributed by atoms with Crippen LogP contribution in [0.1, 0.15) is 37.8 Å². The van der Waals surface area contributed by atoms with Crippen molar-refractivity contribution in [3.8, 4) is 0 Å². The Kier molecular flexibility index (Phi) is 6.46. The van der Waals surface area contributed by atoms with Crippen LogP contribution < -0.4 is 10.0 Å². The fourth-order valence-corrected chi connectivity index (χ4v) is 4.46. The lowest BCUT2D eigenvalue weighted by Gasteiger charge is -2.26. The first-order chi connectivity index (χ1) is 13.6. The lowest BCUT2D eigenvalue weighted by molar-refractivity contribution is -0.117. The normalized spacial score (nSPS) is 14.9. The summed E-state index contributed by atoms with van der Waals surface area (Å²) in [5.74, 6) is -0.228. The predicted octanol–water partition coefficient (Wildman–Crippen LogP) is 3.93. The van der Waals surface area contributed by atoms with Crippen molar-refractivity contribution in [1.29, 1.82) is 0 Å². The zero-order valence-electron chi connectivity index (χ0n) is 16.5. The van der Waals surface area contributed by atoms with Gasteiger partial charge < -0.3 is 5.32 Å². The van der Waals surface area contributed by atoms with E-state index in [0.717, 1.165) is 24.0 Å². The fraction of sp³-hybridized carbons (Fsp3) is 0.318. The number of rotatable bonds is 8. The average Bonchev–Trinajstić information content (AvgIpc) is 3.45. The Morgan fingerprint density at radius 3 is 2.41 bits per heavy atom. The molecule has 0 aliphatic heterocycles. The molecule has 0 aromatic heterocycles. The quantitative estimate of drug-likeness (QED) is 0.620. The van der Waals surface area contributed by atoms with Gasteiger partial charge in [0.25, 0.3) is 0 Å². The van der Waals surface area contributed by atoms with Gasteiger partial charge in [-0.15, -0.1) is 0 Å². The third-order valence-electron chi connectivity index (χ3n) is 4.57. The molecule has 0 radical (unpaired) electrons. The third-order valence-corrected chi connectivity index (χ3v) is 6.47. The van der Waals surface area contributed by atoms with E-state index in [2.05, 4.69) is 10.0 Å². The number of hydrogen-bond acceptors (Lipinski definition) is 3. The van der Waals surface area contributed by atoms with Crippen molar-refractivity contribution in [2.45, 2.75) is 49.6 Å². The van der Waals surface area contributed by atoms with Gasteiger partial charge in [-0.2, -0.15) is 0 Å². The van der Waals surface area contributed by atoms with Gasteiger partial charge in [0.2, 0.25) is 15.9 Å². The zero-order valence-corrected chi connectivity index (χ0v) is 18.1. The second-order valence-corrected chi connectivity index (χ2v) is 10.1. The van der Waals surface area contributed by atoms with Crippen LogP contribution in [0, 0.1) is 0 Å². The van der Waals surface area contributed by atoms with Gasteiger partial charge in [-0.1, -0.05) is 41.9 Å². The molecule has 3 rings (SSSR count). The Hall–Kier alpha value is -2.15. The van der Waals surface area contributed by atoms with Crippen LogP contribution in [0.2, 0.25) is 5.02 Å². The summed E-state index contributed by atoms with van der Waals surface area (Å²) in [7, 11) is -3.47. The number of halogens is 1. The SMILES string of the molecule is CC(C)(Cc1ccccc1Cl)NC(=O)C=Cc1ccc(S(=O)(=O)NC2CC2)cc1. The molecule has 1 fully saturated rings. The molecule has 0 unspecified atom stereocenters. The van der Waals surface area contributed by atoms with E-state index in [4.69, 9.17) is 11.6 Å². The molecule has 0 bridgehead atoms. The smallest absolute Gasteiger partial charge is 0.244 e. The number of amides is 1. The first-order valence-electron chi connectivity index (χ1n) is 9.51. The lowest BCUT2D eigenvalue weighted by Crippen LogP contribution is -2.44. The molecule has 1 aliphatic carbocycles. The summed E-state index contributed by atoms with van der Waals surface area (Å²) in [5, 5.41) is 3.65. The van der Waals surface area contributed by atoms with Crippen LogP contribution in [0.4, 0.5) is 0 Å². The van der Waals surface area contributed by atoms with Gasteiger partial charge in [-0.3, -0.25) is 4.79 Å². The highest BCUT2D eigenvalue weighted by molar-refractivity contribution is 7.89. The Labute approximate surface area is 177 Å². The van der Waals surface area contributed by atoms with Crippen molar-refractivity contribution in [3.63, 3.8) is 0 Å². The minimum Gasteiger partial charge on any atom is -0.347 e. The highest BCUT2D eigenvalue weighted by atomic mass is 35.5. The lowest BCUT2D eigenvalue weighted by atomic mass is 9.95. The number of carbonyl (C=O) groups is 1. The van der Waals surface area contributed by atoms with Gasteiger partial charge in [0.1, 0.15) is 0 Å². The fourth-order valence-electron chi connectivity index (χ4n) is 2.96. The van der Waals surface area contributed by atoms with Crippen molar-refractivity contribution in [1.82, 2.24) is 10.0 Å². The summed E-state index contributed by atoms with van der Waals surface area (Å²) in [4.78, 5) is 12.6. The minimum atomic E-state index is -3.47. The second kappa shape index (κ2) is 8.69. The van der Waals surface area contributed by atoms with E-state index in [-0.39, 0.29) is 16.8 Å². The number of sulfonamides is 1. The molecule has 7 heteroatoms. The van der Waals surface area contributed by atoms with Gasteiger partial charge in [0, 0.05) is 22.7 Å². The van der Waals surface area contributed by atoms with Crippen LogP contribution >= 0.6 is 11.6 Å². The predicted molar refractivity (Wildman–Crippen MR) is 116 cm³/mol. The Morgan fingerprint density at radius 2 is 1.79 bits per heavy atom. The van der Waals surface area contributed by atoms with Crippen LogP contribution in [0.25, 0.3) is 6.08 Å². The van der Waals surface area contributed by atoms with Gasteiger partial charge >= 0.3 is 0 Å². The van der Waals surface area contributed by atoms with Crippen molar-refractivity contribution < 1.29 is 13.2 Å². The largest absolute Gasteiger partial charge is 0.347 e. The molecule has 1 saturated carbocycles. The maximum atomic E-state index is 12.3. The number of hydrogen-bond donors (Lipinski definition) is 2. The van der Waals surface area contributed by atoms with Crippen LogP contribution in [-0.4, -0.2) is 25.9 Å². The highest BCUT2D eigenvalue weighted by Gasteiger charge is 2.27. The summed E-state index contributed by atoms with van der Waals surface area (Å²) in [6.45, 7) is 3.88. The molecule has 2 N–H and O–H groups in total. The van der Waals surface area contributed by atoms with Gasteiger partial charge in [-0.25, -0.2) is 13.1 Å². The average molecular weight is 433 g/mol. The van der Waals surface area contributed by atoms with E-state index in [1.54, 1.807) is 30.3 Å². The van der Waals surface area contributed by atoms with E-state index >= 15 is 0 Å². The van der Waals surface area contributed by atoms with Crippen molar-refractivity contribution in [2.24, 2.45) is 0 Å². The molecule has 5 nitrogen and oxygen atoms in total. The Morgan fingerprint density at radius 1 is 1.14 bits per heavy atom. The molecular formula is C22H25ClN2O3S. The Bertz CT molecular complexity index is 1010. The van der Waals surface area contributed by atoms with Crippen LogP contribution in [0.15, 0.2) is 59.5 Å². The molecule has 1 aliphatic rings. The maximum Gasteiger partial charge on any atom is 0.244 e. The Balaban J connectivity index is 1.59. The molecule has 0 atom stereocenters. The molecular weight excluding hydrogens is 408 g/mol. The molecule has 29 heavy (non-hydrogen) atoms. The van der Waals surface area contributed by atoms with Gasteiger partial charge in [0.05, 0.1) is 4.90 Å². The van der Waals surface area contributed by atoms with E-state index < -0.39 is 15.6 Å². The summed E-state index contributed by atoms with van der Waals surface area (Å²) in [5.41, 5.74) is 1.24. The monoisotopic (exact) mass is 432 g/mol. The summed E-state index contributed by atoms with van der Waals surface area (Å²) in [6, 6.07) is 14.1. The molecule has 2 aromatic carbocycles. The summed E-state index contributed by atoms with van der Waals surface area (Å²) in [6.07, 6.45) is 5.49. The van der Waals surface area contributed by atoms with Crippen molar-refractivity contribution in [3.05, 3.63) is 70.8 Å². The highest BCUT2D eigenvalue weighted by Crippen LogP contribution is 2.23. The molecule has 154 valence electrons. The third kappa shape index (κ3) is 6.42. The first kappa shape index (κ1) is 21.6. The molecule has 0 spiro atoms. The van der Waals surface area contributed by atoms with E-state index in [1.807, 2.05) is 38.1 Å². The van der Waals surface area contributed by atoms with E-state index in [1.165, 1.54) is 6.08 Å². The number of carbonyl (C=O) groups excluding carboxylic acids is 1. The number of nitrogens with one attached hydrogen (secondary N) is 2. The van der Waals surface area contributed by atoms with E-state index in [0.29, 0.717) is 11.4 Å². The molecule has 0 heterocycles. The second-order valence-electron chi connectivity index (χ2n) is 7.94. The van der Waals surface area contributed by atoms with Crippen molar-refractivity contribution in [2.75, 3.05) is 0 Å². The first-order valence-corrected chi connectivity index (χ1v) is 11.4. The molecule has 1 amide bonds. The van der Waals surface area contributed by atoms with Crippen LogP contribution in [0.3, 0.4) is 0 Å². The molecule has 2 aromatic rings. The maximum absolute atomic E-state index is 12.3. The van der Waals surface area contributed by atoms with Gasteiger partial charge in [0.15, 0.2) is 0 Å².